The van der Waals surface area contributed by atoms with Gasteiger partial charge in [0, 0.05) is 12.6 Å². The van der Waals surface area contributed by atoms with Crippen molar-refractivity contribution in [2.75, 3.05) is 0 Å². The zero-order valence-electron chi connectivity index (χ0n) is 4.86. The van der Waals surface area contributed by atoms with Crippen LogP contribution in [0.5, 0.6) is 0 Å². The standard InChI is InChI=1S/C5H8ClNO/c1-3(7)5(6)4(2)8/h7H2,1-2H3. The highest BCUT2D eigenvalue weighted by Crippen LogP contribution is 2.04. The first-order chi connectivity index (χ1) is 3.55. The van der Waals surface area contributed by atoms with Crippen molar-refractivity contribution in [3.63, 3.8) is 0 Å². The number of allylic oxidation sites excluding steroid dienone is 2. The van der Waals surface area contributed by atoms with Gasteiger partial charge in [0.15, 0.2) is 5.78 Å². The third kappa shape index (κ3) is 1.98. The molecule has 0 fully saturated rings. The van der Waals surface area contributed by atoms with Gasteiger partial charge >= 0.3 is 0 Å². The molecule has 0 saturated carbocycles. The van der Waals surface area contributed by atoms with Gasteiger partial charge in [-0.1, -0.05) is 11.6 Å². The second-order valence-corrected chi connectivity index (χ2v) is 1.93. The van der Waals surface area contributed by atoms with Crippen molar-refractivity contribution < 1.29 is 4.79 Å². The molecule has 2 N–H and O–H groups in total. The van der Waals surface area contributed by atoms with Crippen LogP contribution < -0.4 is 5.73 Å². The van der Waals surface area contributed by atoms with E-state index in [1.807, 2.05) is 0 Å². The third-order valence-electron chi connectivity index (χ3n) is 0.655. The van der Waals surface area contributed by atoms with Crippen LogP contribution in [0, 0.1) is 0 Å². The summed E-state index contributed by atoms with van der Waals surface area (Å²) in [5, 5.41) is 0.130. The lowest BCUT2D eigenvalue weighted by Gasteiger charge is -1.91. The second kappa shape index (κ2) is 2.72. The van der Waals surface area contributed by atoms with E-state index in [9.17, 15) is 4.79 Å². The highest BCUT2D eigenvalue weighted by molar-refractivity contribution is 6.42. The molecule has 0 amide bonds. The summed E-state index contributed by atoms with van der Waals surface area (Å²) in [6, 6.07) is 0. The highest BCUT2D eigenvalue weighted by Gasteiger charge is 1.99. The first-order valence-electron chi connectivity index (χ1n) is 2.18. The zero-order valence-corrected chi connectivity index (χ0v) is 5.62. The van der Waals surface area contributed by atoms with Gasteiger partial charge in [0.1, 0.15) is 5.03 Å². The smallest absolute Gasteiger partial charge is 0.172 e. The minimum absolute atomic E-state index is 0.130. The molecule has 0 atom stereocenters. The van der Waals surface area contributed by atoms with Crippen LogP contribution in [0.15, 0.2) is 10.7 Å². The van der Waals surface area contributed by atoms with Crippen molar-refractivity contribution in [3.8, 4) is 0 Å². The number of hydrogen-bond acceptors (Lipinski definition) is 2. The predicted molar refractivity (Wildman–Crippen MR) is 33.4 cm³/mol. The van der Waals surface area contributed by atoms with Crippen molar-refractivity contribution in [1.82, 2.24) is 0 Å². The lowest BCUT2D eigenvalue weighted by molar-refractivity contribution is -0.113. The number of carbonyl (C=O) groups is 1. The predicted octanol–water partition coefficient (Wildman–Crippen LogP) is 1.00. The van der Waals surface area contributed by atoms with Gasteiger partial charge in [-0.05, 0) is 6.92 Å². The maximum absolute atomic E-state index is 10.3. The van der Waals surface area contributed by atoms with E-state index in [4.69, 9.17) is 17.3 Å². The molecule has 46 valence electrons. The van der Waals surface area contributed by atoms with Crippen LogP contribution in [0.1, 0.15) is 13.8 Å². The normalized spacial score (nSPS) is 12.9. The van der Waals surface area contributed by atoms with E-state index < -0.39 is 0 Å². The molecular weight excluding hydrogens is 126 g/mol. The van der Waals surface area contributed by atoms with E-state index in [0.29, 0.717) is 5.70 Å². The zero-order chi connectivity index (χ0) is 6.73. The van der Waals surface area contributed by atoms with E-state index in [0.717, 1.165) is 0 Å². The fraction of sp³-hybridized carbons (Fsp3) is 0.400. The Kier molecular flexibility index (Phi) is 2.55. The van der Waals surface area contributed by atoms with Gasteiger partial charge in [0.25, 0.3) is 0 Å². The Labute approximate surface area is 53.3 Å². The van der Waals surface area contributed by atoms with Gasteiger partial charge in [0.05, 0.1) is 0 Å². The van der Waals surface area contributed by atoms with Crippen LogP contribution >= 0.6 is 11.6 Å². The molecule has 0 aromatic heterocycles. The number of Topliss-reactive ketones (excluding diaryl/α,β-unsaturated/α-hetero) is 1. The summed E-state index contributed by atoms with van der Waals surface area (Å²) in [6.07, 6.45) is 0. The molecule has 8 heavy (non-hydrogen) atoms. The Hall–Kier alpha value is -0.500. The van der Waals surface area contributed by atoms with E-state index in [1.54, 1.807) is 6.92 Å². The highest BCUT2D eigenvalue weighted by atomic mass is 35.5. The van der Waals surface area contributed by atoms with Crippen LogP contribution in [0.4, 0.5) is 0 Å². The molecule has 2 nitrogen and oxygen atoms in total. The number of hydrogen-bond donors (Lipinski definition) is 1. The summed E-state index contributed by atoms with van der Waals surface area (Å²) in [5.41, 5.74) is 5.54. The fourth-order valence-corrected chi connectivity index (χ4v) is 0.278. The Morgan fingerprint density at radius 3 is 1.88 bits per heavy atom. The summed E-state index contributed by atoms with van der Waals surface area (Å²) in [7, 11) is 0. The van der Waals surface area contributed by atoms with Crippen LogP contribution in [0.2, 0.25) is 0 Å². The lowest BCUT2D eigenvalue weighted by atomic mass is 10.3. The minimum Gasteiger partial charge on any atom is -0.401 e. The number of nitrogens with two attached hydrogens (primary N) is 1. The number of ketones is 1. The first kappa shape index (κ1) is 7.50. The first-order valence-corrected chi connectivity index (χ1v) is 2.56. The molecule has 3 heteroatoms. The van der Waals surface area contributed by atoms with Gasteiger partial charge in [0.2, 0.25) is 0 Å². The molecule has 0 aromatic rings. The number of halogens is 1. The van der Waals surface area contributed by atoms with E-state index in [2.05, 4.69) is 0 Å². The maximum Gasteiger partial charge on any atom is 0.172 e. The molecule has 0 aliphatic heterocycles. The van der Waals surface area contributed by atoms with Gasteiger partial charge in [-0.2, -0.15) is 0 Å². The van der Waals surface area contributed by atoms with E-state index in [-0.39, 0.29) is 10.8 Å². The fourth-order valence-electron chi connectivity index (χ4n) is 0.278. The Morgan fingerprint density at radius 2 is 1.88 bits per heavy atom. The lowest BCUT2D eigenvalue weighted by Crippen LogP contribution is -1.99. The van der Waals surface area contributed by atoms with E-state index >= 15 is 0 Å². The van der Waals surface area contributed by atoms with Crippen LogP contribution in [0.25, 0.3) is 0 Å². The topological polar surface area (TPSA) is 43.1 Å². The summed E-state index contributed by atoms with van der Waals surface area (Å²) in [5.74, 6) is -0.188. The molecule has 0 heterocycles. The molecule has 0 saturated heterocycles. The molecule has 0 aliphatic rings. The van der Waals surface area contributed by atoms with Gasteiger partial charge in [-0.15, -0.1) is 0 Å². The van der Waals surface area contributed by atoms with Gasteiger partial charge in [-0.3, -0.25) is 4.79 Å². The Morgan fingerprint density at radius 1 is 1.50 bits per heavy atom. The summed E-state index contributed by atoms with van der Waals surface area (Å²) >= 11 is 5.36. The summed E-state index contributed by atoms with van der Waals surface area (Å²) in [6.45, 7) is 2.96. The molecule has 0 unspecified atom stereocenters. The number of carbonyl (C=O) groups excluding carboxylic acids is 1. The van der Waals surface area contributed by atoms with Crippen LogP contribution in [-0.2, 0) is 4.79 Å². The maximum atomic E-state index is 10.3. The van der Waals surface area contributed by atoms with Crippen molar-refractivity contribution in [1.29, 1.82) is 0 Å². The Balaban J connectivity index is 4.23. The third-order valence-corrected chi connectivity index (χ3v) is 1.22. The molecule has 0 bridgehead atoms. The second-order valence-electron chi connectivity index (χ2n) is 1.55. The van der Waals surface area contributed by atoms with Crippen LogP contribution in [-0.4, -0.2) is 5.78 Å². The molecule has 0 radical (unpaired) electrons. The minimum atomic E-state index is -0.188. The largest absolute Gasteiger partial charge is 0.401 e. The monoisotopic (exact) mass is 133 g/mol. The Bertz CT molecular complexity index is 135. The number of rotatable bonds is 1. The molecule has 0 aromatic carbocycles. The van der Waals surface area contributed by atoms with Gasteiger partial charge in [-0.25, -0.2) is 0 Å². The van der Waals surface area contributed by atoms with Gasteiger partial charge < -0.3 is 5.73 Å². The average Bonchev–Trinajstić information content (AvgIpc) is 1.64. The van der Waals surface area contributed by atoms with Crippen molar-refractivity contribution >= 4 is 17.4 Å². The molecule has 0 aliphatic carbocycles. The average molecular weight is 134 g/mol. The molecular formula is C5H8ClNO. The molecule has 0 spiro atoms. The SMILES string of the molecule is CC(=O)C(Cl)=C(C)N. The van der Waals surface area contributed by atoms with Crippen LogP contribution in [0.3, 0.4) is 0 Å². The quantitative estimate of drug-likeness (QED) is 0.543. The summed E-state index contributed by atoms with van der Waals surface area (Å²) in [4.78, 5) is 10.3. The van der Waals surface area contributed by atoms with E-state index in [1.165, 1.54) is 6.92 Å². The molecule has 0 rings (SSSR count). The summed E-state index contributed by atoms with van der Waals surface area (Å²) < 4.78 is 0. The van der Waals surface area contributed by atoms with Crippen molar-refractivity contribution in [2.45, 2.75) is 13.8 Å². The van der Waals surface area contributed by atoms with Crippen molar-refractivity contribution in [3.05, 3.63) is 10.7 Å². The van der Waals surface area contributed by atoms with Crippen molar-refractivity contribution in [2.24, 2.45) is 5.73 Å².